The highest BCUT2D eigenvalue weighted by molar-refractivity contribution is 7.99. The van der Waals surface area contributed by atoms with Crippen LogP contribution in [0.1, 0.15) is 63.8 Å². The van der Waals surface area contributed by atoms with Crippen molar-refractivity contribution < 1.29 is 10.2 Å². The van der Waals surface area contributed by atoms with Crippen molar-refractivity contribution in [3.8, 4) is 11.5 Å². The van der Waals surface area contributed by atoms with Crippen LogP contribution in [0.25, 0.3) is 0 Å². The van der Waals surface area contributed by atoms with E-state index in [1.807, 2.05) is 32.0 Å². The lowest BCUT2D eigenvalue weighted by Crippen LogP contribution is -2.12. The Bertz CT molecular complexity index is 726. The van der Waals surface area contributed by atoms with E-state index in [1.54, 1.807) is 11.8 Å². The van der Waals surface area contributed by atoms with Gasteiger partial charge < -0.3 is 5.11 Å². The van der Waals surface area contributed by atoms with Gasteiger partial charge in [-0.2, -0.15) is 0 Å². The zero-order chi connectivity index (χ0) is 19.2. The lowest BCUT2D eigenvalue weighted by molar-refractivity contribution is 0.337. The Kier molecular flexibility index (Phi) is 5.21. The van der Waals surface area contributed by atoms with Crippen molar-refractivity contribution in [2.75, 3.05) is 0 Å². The molecule has 2 nitrogen and oxygen atoms in total. The molecule has 0 aromatic heterocycles. The molecule has 0 bridgehead atoms. The van der Waals surface area contributed by atoms with E-state index >= 15 is 0 Å². The number of aromatic hydroxyl groups is 1. The van der Waals surface area contributed by atoms with Gasteiger partial charge in [-0.05, 0) is 60.1 Å². The fraction of sp³-hybridized carbons (Fsp3) is 0.455. The predicted molar refractivity (Wildman–Crippen MR) is 106 cm³/mol. The zero-order valence-corrected chi connectivity index (χ0v) is 17.4. The minimum atomic E-state index is -0.181. The van der Waals surface area contributed by atoms with Crippen molar-refractivity contribution in [1.29, 1.82) is 0 Å². The van der Waals surface area contributed by atoms with Crippen molar-refractivity contribution in [3.05, 3.63) is 46.5 Å². The summed E-state index contributed by atoms with van der Waals surface area (Å²) < 4.78 is 0. The van der Waals surface area contributed by atoms with E-state index in [0.717, 1.165) is 32.0 Å². The Balaban J connectivity index is 2.51. The standard InChI is InChI=1S/C22H29O2S/c1-13-9-15(11-17(19(13)23)21(3,4)5)25-16-10-14(2)20(24)18(12-16)22(6,7)8/h9-12,23H,1-8H3. The molecule has 25 heavy (non-hydrogen) atoms. The minimum absolute atomic E-state index is 0.128. The molecule has 0 heterocycles. The Morgan fingerprint density at radius 2 is 1.20 bits per heavy atom. The van der Waals surface area contributed by atoms with Gasteiger partial charge in [0.05, 0.1) is 0 Å². The average molecular weight is 358 g/mol. The Morgan fingerprint density at radius 1 is 0.760 bits per heavy atom. The lowest BCUT2D eigenvalue weighted by atomic mass is 9.85. The zero-order valence-electron chi connectivity index (χ0n) is 16.6. The number of phenols is 1. The van der Waals surface area contributed by atoms with E-state index in [1.165, 1.54) is 0 Å². The second-order valence-electron chi connectivity index (χ2n) is 8.86. The molecule has 1 radical (unpaired) electrons. The molecule has 2 aromatic rings. The van der Waals surface area contributed by atoms with Crippen molar-refractivity contribution in [3.63, 3.8) is 0 Å². The normalized spacial score (nSPS) is 12.5. The van der Waals surface area contributed by atoms with Gasteiger partial charge in [0.15, 0.2) is 5.75 Å². The molecule has 0 aliphatic heterocycles. The van der Waals surface area contributed by atoms with E-state index < -0.39 is 0 Å². The molecule has 3 heteroatoms. The largest absolute Gasteiger partial charge is 0.507 e. The SMILES string of the molecule is Cc1cc(Sc2cc(C)c(O)c(C(C)(C)C)c2)cc(C(C)(C)C)c1[O]. The van der Waals surface area contributed by atoms with Crippen LogP contribution < -0.4 is 0 Å². The van der Waals surface area contributed by atoms with Crippen LogP contribution in [-0.2, 0) is 15.9 Å². The Labute approximate surface area is 156 Å². The first kappa shape index (κ1) is 19.7. The quantitative estimate of drug-likeness (QED) is 0.635. The van der Waals surface area contributed by atoms with Crippen LogP contribution in [0.5, 0.6) is 11.5 Å². The summed E-state index contributed by atoms with van der Waals surface area (Å²) in [5.74, 6) is 0.507. The number of aryl methyl sites for hydroxylation is 2. The molecule has 0 spiro atoms. The average Bonchev–Trinajstić information content (AvgIpc) is 2.43. The van der Waals surface area contributed by atoms with Crippen LogP contribution in [0, 0.1) is 13.8 Å². The Hall–Kier alpha value is -1.61. The monoisotopic (exact) mass is 357 g/mol. The van der Waals surface area contributed by atoms with E-state index in [4.69, 9.17) is 0 Å². The van der Waals surface area contributed by atoms with Crippen LogP contribution in [0.4, 0.5) is 0 Å². The summed E-state index contributed by atoms with van der Waals surface area (Å²) in [7, 11) is 0. The predicted octanol–water partition coefficient (Wildman–Crippen LogP) is 6.90. The summed E-state index contributed by atoms with van der Waals surface area (Å²) in [6.07, 6.45) is 0. The third kappa shape index (κ3) is 4.33. The molecule has 0 atom stereocenters. The van der Waals surface area contributed by atoms with Gasteiger partial charge >= 0.3 is 0 Å². The number of benzene rings is 2. The second-order valence-corrected chi connectivity index (χ2v) is 10.0. The number of hydrogen-bond acceptors (Lipinski definition) is 2. The number of rotatable bonds is 2. The molecule has 2 rings (SSSR count). The van der Waals surface area contributed by atoms with Crippen molar-refractivity contribution in [1.82, 2.24) is 0 Å². The molecule has 0 aliphatic rings. The van der Waals surface area contributed by atoms with E-state index in [9.17, 15) is 10.2 Å². The van der Waals surface area contributed by atoms with Crippen molar-refractivity contribution in [2.24, 2.45) is 0 Å². The Morgan fingerprint density at radius 3 is 1.68 bits per heavy atom. The van der Waals surface area contributed by atoms with Crippen LogP contribution in [0.15, 0.2) is 34.1 Å². The smallest absolute Gasteiger partial charge is 0.185 e. The molecular formula is C22H29O2S. The molecule has 1 N–H and O–H groups in total. The van der Waals surface area contributed by atoms with Gasteiger partial charge in [-0.15, -0.1) is 0 Å². The molecule has 0 amide bonds. The molecule has 0 saturated carbocycles. The molecule has 0 unspecified atom stereocenters. The molecule has 0 fully saturated rings. The number of phenolic OH excluding ortho intramolecular Hbond substituents is 1. The summed E-state index contributed by atoms with van der Waals surface area (Å²) in [5.41, 5.74) is 3.14. The lowest BCUT2D eigenvalue weighted by Gasteiger charge is -2.23. The van der Waals surface area contributed by atoms with Crippen LogP contribution in [-0.4, -0.2) is 5.11 Å². The van der Waals surface area contributed by atoms with Gasteiger partial charge in [0, 0.05) is 20.9 Å². The first-order chi connectivity index (χ1) is 11.3. The van der Waals surface area contributed by atoms with E-state index in [2.05, 4.69) is 47.6 Å². The van der Waals surface area contributed by atoms with Gasteiger partial charge in [-0.3, -0.25) is 5.11 Å². The summed E-state index contributed by atoms with van der Waals surface area (Å²) in [6, 6.07) is 8.04. The fourth-order valence-electron chi connectivity index (χ4n) is 2.87. The first-order valence-electron chi connectivity index (χ1n) is 8.65. The van der Waals surface area contributed by atoms with Gasteiger partial charge in [0.1, 0.15) is 5.75 Å². The maximum absolute atomic E-state index is 12.5. The van der Waals surface area contributed by atoms with E-state index in [-0.39, 0.29) is 16.6 Å². The third-order valence-corrected chi connectivity index (χ3v) is 5.32. The number of hydrogen-bond donors (Lipinski definition) is 1. The topological polar surface area (TPSA) is 40.1 Å². The minimum Gasteiger partial charge on any atom is -0.507 e. The van der Waals surface area contributed by atoms with Crippen LogP contribution in [0.2, 0.25) is 0 Å². The van der Waals surface area contributed by atoms with Gasteiger partial charge in [0.2, 0.25) is 0 Å². The molecular weight excluding hydrogens is 328 g/mol. The van der Waals surface area contributed by atoms with Crippen LogP contribution in [0.3, 0.4) is 0 Å². The molecule has 0 aliphatic carbocycles. The third-order valence-electron chi connectivity index (χ3n) is 4.37. The highest BCUT2D eigenvalue weighted by Gasteiger charge is 2.23. The summed E-state index contributed by atoms with van der Waals surface area (Å²) in [4.78, 5) is 2.14. The fourth-order valence-corrected chi connectivity index (χ4v) is 3.97. The molecule has 2 aromatic carbocycles. The highest BCUT2D eigenvalue weighted by atomic mass is 32.2. The van der Waals surface area contributed by atoms with Crippen molar-refractivity contribution in [2.45, 2.75) is 76.0 Å². The van der Waals surface area contributed by atoms with Crippen LogP contribution >= 0.6 is 11.8 Å². The summed E-state index contributed by atoms with van der Waals surface area (Å²) in [6.45, 7) is 16.3. The van der Waals surface area contributed by atoms with E-state index in [0.29, 0.717) is 5.75 Å². The van der Waals surface area contributed by atoms with Gasteiger partial charge in [0.25, 0.3) is 0 Å². The summed E-state index contributed by atoms with van der Waals surface area (Å²) in [5, 5.41) is 22.9. The second kappa shape index (κ2) is 6.60. The molecule has 135 valence electrons. The van der Waals surface area contributed by atoms with Gasteiger partial charge in [-0.25, -0.2) is 0 Å². The maximum Gasteiger partial charge on any atom is 0.185 e. The maximum atomic E-state index is 12.5. The van der Waals surface area contributed by atoms with Crippen molar-refractivity contribution >= 4 is 11.8 Å². The molecule has 0 saturated heterocycles. The first-order valence-corrected chi connectivity index (χ1v) is 9.46. The highest BCUT2D eigenvalue weighted by Crippen LogP contribution is 2.42. The summed E-state index contributed by atoms with van der Waals surface area (Å²) >= 11 is 1.64. The van der Waals surface area contributed by atoms with Gasteiger partial charge in [-0.1, -0.05) is 53.3 Å².